The van der Waals surface area contributed by atoms with E-state index in [-0.39, 0.29) is 18.1 Å². The van der Waals surface area contributed by atoms with E-state index in [1.54, 1.807) is 19.4 Å². The molecule has 1 saturated carbocycles. The first-order valence-corrected chi connectivity index (χ1v) is 7.74. The number of nitrogens with one attached hydrogen (secondary N) is 1. The van der Waals surface area contributed by atoms with Crippen LogP contribution >= 0.6 is 0 Å². The van der Waals surface area contributed by atoms with E-state index in [4.69, 9.17) is 14.7 Å². The van der Waals surface area contributed by atoms with Crippen molar-refractivity contribution >= 4 is 5.91 Å². The zero-order valence-corrected chi connectivity index (χ0v) is 12.7. The maximum atomic E-state index is 12.8. The van der Waals surface area contributed by atoms with Crippen LogP contribution in [0.15, 0.2) is 12.3 Å². The Bertz CT molecular complexity index is 577. The molecule has 0 unspecified atom stereocenters. The molecular formula is C16H21N3O3. The summed E-state index contributed by atoms with van der Waals surface area (Å²) in [5, 5.41) is 8.89. The van der Waals surface area contributed by atoms with E-state index in [1.165, 1.54) is 0 Å². The van der Waals surface area contributed by atoms with Crippen LogP contribution in [-0.2, 0) is 9.47 Å². The van der Waals surface area contributed by atoms with Crippen LogP contribution in [0.4, 0.5) is 0 Å². The van der Waals surface area contributed by atoms with Crippen molar-refractivity contribution in [2.45, 2.75) is 31.4 Å². The summed E-state index contributed by atoms with van der Waals surface area (Å²) in [6.07, 6.45) is 5.04. The molecule has 1 aromatic heterocycles. The maximum Gasteiger partial charge on any atom is 0.255 e. The first-order chi connectivity index (χ1) is 10.7. The molecule has 0 bridgehead atoms. The Hall–Kier alpha value is -1.84. The third-order valence-electron chi connectivity index (χ3n) is 4.78. The van der Waals surface area contributed by atoms with E-state index in [0.717, 1.165) is 19.3 Å². The lowest BCUT2D eigenvalue weighted by molar-refractivity contribution is -0.0460. The number of aromatic amines is 1. The molecule has 2 heterocycles. The molecule has 2 aliphatic rings. The molecule has 0 spiro atoms. The lowest BCUT2D eigenvalue weighted by atomic mass is 9.93. The van der Waals surface area contributed by atoms with E-state index in [2.05, 4.69) is 4.98 Å². The molecule has 22 heavy (non-hydrogen) atoms. The summed E-state index contributed by atoms with van der Waals surface area (Å²) in [7, 11) is 1.74. The zero-order valence-electron chi connectivity index (χ0n) is 12.7. The van der Waals surface area contributed by atoms with E-state index < -0.39 is 0 Å². The fourth-order valence-corrected chi connectivity index (χ4v) is 3.67. The van der Waals surface area contributed by atoms with Gasteiger partial charge in [0.2, 0.25) is 0 Å². The first kappa shape index (κ1) is 15.1. The summed E-state index contributed by atoms with van der Waals surface area (Å²) in [4.78, 5) is 17.5. The van der Waals surface area contributed by atoms with Crippen molar-refractivity contribution in [1.29, 1.82) is 5.26 Å². The van der Waals surface area contributed by atoms with Crippen LogP contribution < -0.4 is 0 Å². The van der Waals surface area contributed by atoms with E-state index in [0.29, 0.717) is 36.9 Å². The van der Waals surface area contributed by atoms with Crippen LogP contribution in [0.25, 0.3) is 0 Å². The van der Waals surface area contributed by atoms with Gasteiger partial charge in [-0.1, -0.05) is 6.42 Å². The van der Waals surface area contributed by atoms with Gasteiger partial charge in [0.15, 0.2) is 0 Å². The number of hydrogen-bond acceptors (Lipinski definition) is 4. The molecule has 1 aliphatic carbocycles. The number of ether oxygens (including phenoxy) is 2. The van der Waals surface area contributed by atoms with Gasteiger partial charge in [-0.05, 0) is 18.9 Å². The molecule has 1 aromatic rings. The summed E-state index contributed by atoms with van der Waals surface area (Å²) < 4.78 is 11.2. The van der Waals surface area contributed by atoms with Gasteiger partial charge in [0, 0.05) is 25.8 Å². The highest BCUT2D eigenvalue weighted by Gasteiger charge is 2.40. The quantitative estimate of drug-likeness (QED) is 0.918. The number of carbonyl (C=O) groups is 1. The zero-order chi connectivity index (χ0) is 15.5. The Kier molecular flexibility index (Phi) is 4.46. The predicted molar refractivity (Wildman–Crippen MR) is 79.3 cm³/mol. The number of H-pyrrole nitrogens is 1. The van der Waals surface area contributed by atoms with Crippen LogP contribution in [0.1, 0.15) is 35.3 Å². The number of nitrogens with zero attached hydrogens (tertiary/aromatic N) is 2. The molecule has 1 aliphatic heterocycles. The molecule has 6 nitrogen and oxygen atoms in total. The highest BCUT2D eigenvalue weighted by Crippen LogP contribution is 2.34. The van der Waals surface area contributed by atoms with Crippen LogP contribution in [0.5, 0.6) is 0 Å². The van der Waals surface area contributed by atoms with Gasteiger partial charge in [0.25, 0.3) is 5.91 Å². The van der Waals surface area contributed by atoms with Gasteiger partial charge >= 0.3 is 0 Å². The number of nitriles is 1. The van der Waals surface area contributed by atoms with Crippen LogP contribution in [0, 0.1) is 17.2 Å². The Balaban J connectivity index is 1.80. The Morgan fingerprint density at radius 3 is 3.14 bits per heavy atom. The van der Waals surface area contributed by atoms with Gasteiger partial charge in [0.1, 0.15) is 11.8 Å². The molecule has 1 amide bonds. The van der Waals surface area contributed by atoms with E-state index >= 15 is 0 Å². The van der Waals surface area contributed by atoms with E-state index in [9.17, 15) is 4.79 Å². The molecule has 118 valence electrons. The van der Waals surface area contributed by atoms with Gasteiger partial charge in [-0.2, -0.15) is 5.26 Å². The SMILES string of the molecule is CO[C@@H]1CCC[C@@H]1[C@H]1COCCN1C(=O)c1c[nH]c(C#N)c1. The number of morpholine rings is 1. The highest BCUT2D eigenvalue weighted by atomic mass is 16.5. The minimum atomic E-state index is -0.0344. The molecule has 3 atom stereocenters. The highest BCUT2D eigenvalue weighted by molar-refractivity contribution is 5.94. The summed E-state index contributed by atoms with van der Waals surface area (Å²) in [5.41, 5.74) is 0.944. The lowest BCUT2D eigenvalue weighted by Crippen LogP contribution is -2.53. The lowest BCUT2D eigenvalue weighted by Gasteiger charge is -2.40. The number of amides is 1. The van der Waals surface area contributed by atoms with Crippen LogP contribution in [0.2, 0.25) is 0 Å². The van der Waals surface area contributed by atoms with Crippen molar-refractivity contribution in [3.63, 3.8) is 0 Å². The van der Waals surface area contributed by atoms with Crippen molar-refractivity contribution in [2.24, 2.45) is 5.92 Å². The first-order valence-electron chi connectivity index (χ1n) is 7.74. The Labute approximate surface area is 130 Å². The summed E-state index contributed by atoms with van der Waals surface area (Å²) in [6.45, 7) is 1.71. The number of hydrogen-bond donors (Lipinski definition) is 1. The third kappa shape index (κ3) is 2.74. The molecule has 0 radical (unpaired) electrons. The van der Waals surface area contributed by atoms with Crippen molar-refractivity contribution < 1.29 is 14.3 Å². The average Bonchev–Trinajstić information content (AvgIpc) is 3.22. The smallest absolute Gasteiger partial charge is 0.255 e. The third-order valence-corrected chi connectivity index (χ3v) is 4.78. The molecule has 1 saturated heterocycles. The minimum Gasteiger partial charge on any atom is -0.381 e. The second-order valence-electron chi connectivity index (χ2n) is 5.92. The van der Waals surface area contributed by atoms with Gasteiger partial charge < -0.3 is 19.4 Å². The summed E-state index contributed by atoms with van der Waals surface area (Å²) in [6, 6.07) is 3.68. The normalized spacial score (nSPS) is 28.5. The van der Waals surface area contributed by atoms with Crippen molar-refractivity contribution in [3.8, 4) is 6.07 Å². The van der Waals surface area contributed by atoms with Crippen LogP contribution in [-0.4, -0.2) is 54.8 Å². The van der Waals surface area contributed by atoms with Crippen molar-refractivity contribution in [1.82, 2.24) is 9.88 Å². The van der Waals surface area contributed by atoms with Crippen molar-refractivity contribution in [2.75, 3.05) is 26.9 Å². The molecule has 2 fully saturated rings. The monoisotopic (exact) mass is 303 g/mol. The van der Waals surface area contributed by atoms with E-state index in [1.807, 2.05) is 11.0 Å². The minimum absolute atomic E-state index is 0.0344. The molecule has 6 heteroatoms. The maximum absolute atomic E-state index is 12.8. The molecule has 0 aromatic carbocycles. The summed E-state index contributed by atoms with van der Waals surface area (Å²) >= 11 is 0. The molecule has 3 rings (SSSR count). The summed E-state index contributed by atoms with van der Waals surface area (Å²) in [5.74, 6) is 0.288. The Morgan fingerprint density at radius 2 is 2.41 bits per heavy atom. The fraction of sp³-hybridized carbons (Fsp3) is 0.625. The van der Waals surface area contributed by atoms with Crippen molar-refractivity contribution in [3.05, 3.63) is 23.5 Å². The topological polar surface area (TPSA) is 78.3 Å². The van der Waals surface area contributed by atoms with Gasteiger partial charge in [-0.3, -0.25) is 4.79 Å². The Morgan fingerprint density at radius 1 is 1.55 bits per heavy atom. The standard InChI is InChI=1S/C16H21N3O3/c1-21-15-4-2-3-13(15)14-10-22-6-5-19(14)16(20)11-7-12(8-17)18-9-11/h7,9,13-15,18H,2-6,10H2,1H3/t13-,14-,15-/m1/s1. The van der Waals surface area contributed by atoms with Gasteiger partial charge in [-0.25, -0.2) is 0 Å². The second kappa shape index (κ2) is 6.51. The van der Waals surface area contributed by atoms with Gasteiger partial charge in [-0.15, -0.1) is 0 Å². The number of rotatable bonds is 3. The second-order valence-corrected chi connectivity index (χ2v) is 5.92. The fourth-order valence-electron chi connectivity index (χ4n) is 3.67. The predicted octanol–water partition coefficient (Wildman–Crippen LogP) is 1.54. The van der Waals surface area contributed by atoms with Gasteiger partial charge in [0.05, 0.1) is 30.9 Å². The number of methoxy groups -OCH3 is 1. The number of carbonyl (C=O) groups excluding carboxylic acids is 1. The molecule has 1 N–H and O–H groups in total. The largest absolute Gasteiger partial charge is 0.381 e. The van der Waals surface area contributed by atoms with Crippen LogP contribution in [0.3, 0.4) is 0 Å². The molecular weight excluding hydrogens is 282 g/mol. The number of aromatic nitrogens is 1. The average molecular weight is 303 g/mol.